The van der Waals surface area contributed by atoms with E-state index in [-0.39, 0.29) is 6.04 Å². The van der Waals surface area contributed by atoms with Crippen LogP contribution in [0.2, 0.25) is 10.0 Å². The van der Waals surface area contributed by atoms with Gasteiger partial charge in [-0.2, -0.15) is 0 Å². The number of para-hydroxylation sites is 1. The van der Waals surface area contributed by atoms with Gasteiger partial charge in [0.15, 0.2) is 0 Å². The Labute approximate surface area is 133 Å². The maximum atomic E-state index is 6.33. The van der Waals surface area contributed by atoms with E-state index >= 15 is 0 Å². The summed E-state index contributed by atoms with van der Waals surface area (Å²) in [5.74, 6) is 0. The maximum absolute atomic E-state index is 6.33. The van der Waals surface area contributed by atoms with E-state index in [0.29, 0.717) is 10.0 Å². The number of hydrogen-bond acceptors (Lipinski definition) is 2. The van der Waals surface area contributed by atoms with Crippen LogP contribution in [0.25, 0.3) is 10.9 Å². The topological polar surface area (TPSA) is 38.9 Å². The van der Waals surface area contributed by atoms with E-state index in [1.807, 2.05) is 30.3 Å². The first-order valence-electron chi connectivity index (χ1n) is 6.63. The predicted octanol–water partition coefficient (Wildman–Crippen LogP) is 4.90. The Morgan fingerprint density at radius 2 is 1.76 bits per heavy atom. The molecule has 0 amide bonds. The minimum Gasteiger partial charge on any atom is -0.319 e. The monoisotopic (exact) mass is 316 g/mol. The van der Waals surface area contributed by atoms with Crippen molar-refractivity contribution >= 4 is 34.1 Å². The van der Waals surface area contributed by atoms with Crippen LogP contribution < -0.4 is 5.73 Å². The third-order valence-corrected chi connectivity index (χ3v) is 4.30. The highest BCUT2D eigenvalue weighted by Crippen LogP contribution is 2.28. The third kappa shape index (κ3) is 2.75. The number of pyridine rings is 1. The standard InChI is InChI=1S/C17H14Cl2N2/c1-10-8-16(21-15-5-3-2-4-12(10)15)17(20)11-6-7-13(18)14(19)9-11/h2-9,17H,20H2,1H3. The highest BCUT2D eigenvalue weighted by atomic mass is 35.5. The summed E-state index contributed by atoms with van der Waals surface area (Å²) in [5, 5.41) is 2.17. The average Bonchev–Trinajstić information content (AvgIpc) is 2.49. The van der Waals surface area contributed by atoms with E-state index in [1.165, 1.54) is 0 Å². The minimum absolute atomic E-state index is 0.330. The third-order valence-electron chi connectivity index (χ3n) is 3.56. The molecule has 3 aromatic rings. The molecule has 3 rings (SSSR count). The molecule has 21 heavy (non-hydrogen) atoms. The van der Waals surface area contributed by atoms with Crippen molar-refractivity contribution in [3.63, 3.8) is 0 Å². The second-order valence-corrected chi connectivity index (χ2v) is 5.85. The number of nitrogens with zero attached hydrogens (tertiary/aromatic N) is 1. The van der Waals surface area contributed by atoms with E-state index in [0.717, 1.165) is 27.7 Å². The molecule has 0 aliphatic heterocycles. The Bertz CT molecular complexity index is 815. The van der Waals surface area contributed by atoms with Gasteiger partial charge in [0.1, 0.15) is 0 Å². The molecule has 0 fully saturated rings. The molecule has 4 heteroatoms. The van der Waals surface area contributed by atoms with Crippen LogP contribution in [0.1, 0.15) is 22.9 Å². The summed E-state index contributed by atoms with van der Waals surface area (Å²) in [5.41, 5.74) is 10.2. The van der Waals surface area contributed by atoms with Gasteiger partial charge in [0, 0.05) is 5.39 Å². The van der Waals surface area contributed by atoms with Crippen molar-refractivity contribution < 1.29 is 0 Å². The van der Waals surface area contributed by atoms with Crippen LogP contribution in [0.3, 0.4) is 0 Å². The molecular weight excluding hydrogens is 303 g/mol. The molecule has 0 saturated heterocycles. The summed E-state index contributed by atoms with van der Waals surface area (Å²) in [6, 6.07) is 15.2. The van der Waals surface area contributed by atoms with Gasteiger partial charge in [-0.05, 0) is 42.3 Å². The fourth-order valence-electron chi connectivity index (χ4n) is 2.41. The second-order valence-electron chi connectivity index (χ2n) is 5.03. The SMILES string of the molecule is Cc1cc(C(N)c2ccc(Cl)c(Cl)c2)nc2ccccc12. The van der Waals surface area contributed by atoms with Crippen molar-refractivity contribution in [1.82, 2.24) is 4.98 Å². The van der Waals surface area contributed by atoms with Crippen molar-refractivity contribution in [3.8, 4) is 0 Å². The largest absolute Gasteiger partial charge is 0.319 e. The van der Waals surface area contributed by atoms with E-state index < -0.39 is 0 Å². The number of halogens is 2. The fraction of sp³-hybridized carbons (Fsp3) is 0.118. The van der Waals surface area contributed by atoms with Gasteiger partial charge >= 0.3 is 0 Å². The Morgan fingerprint density at radius 3 is 2.52 bits per heavy atom. The van der Waals surface area contributed by atoms with E-state index in [2.05, 4.69) is 18.0 Å². The molecule has 2 aromatic carbocycles. The average molecular weight is 317 g/mol. The summed E-state index contributed by atoms with van der Waals surface area (Å²) in [6.45, 7) is 2.06. The normalized spacial score (nSPS) is 12.6. The second kappa shape index (κ2) is 5.64. The molecule has 2 N–H and O–H groups in total. The summed E-state index contributed by atoms with van der Waals surface area (Å²) < 4.78 is 0. The zero-order valence-corrected chi connectivity index (χ0v) is 13.0. The first-order chi connectivity index (χ1) is 10.1. The van der Waals surface area contributed by atoms with Crippen molar-refractivity contribution in [1.29, 1.82) is 0 Å². The Morgan fingerprint density at radius 1 is 1.00 bits per heavy atom. The summed E-state index contributed by atoms with van der Waals surface area (Å²) in [7, 11) is 0. The number of fused-ring (bicyclic) bond motifs is 1. The van der Waals surface area contributed by atoms with Crippen molar-refractivity contribution in [2.24, 2.45) is 5.73 Å². The molecule has 106 valence electrons. The fourth-order valence-corrected chi connectivity index (χ4v) is 2.72. The van der Waals surface area contributed by atoms with Crippen LogP contribution >= 0.6 is 23.2 Å². The summed E-state index contributed by atoms with van der Waals surface area (Å²) >= 11 is 12.0. The smallest absolute Gasteiger partial charge is 0.0727 e. The van der Waals surface area contributed by atoms with Gasteiger partial charge in [0.2, 0.25) is 0 Å². The lowest BCUT2D eigenvalue weighted by Crippen LogP contribution is -2.14. The lowest BCUT2D eigenvalue weighted by molar-refractivity contribution is 0.834. The zero-order valence-electron chi connectivity index (χ0n) is 11.5. The molecule has 1 heterocycles. The van der Waals surface area contributed by atoms with Crippen molar-refractivity contribution in [3.05, 3.63) is 75.4 Å². The van der Waals surface area contributed by atoms with Crippen LogP contribution in [0.4, 0.5) is 0 Å². The van der Waals surface area contributed by atoms with E-state index in [9.17, 15) is 0 Å². The lowest BCUT2D eigenvalue weighted by Gasteiger charge is -2.14. The molecule has 2 nitrogen and oxygen atoms in total. The summed E-state index contributed by atoms with van der Waals surface area (Å²) in [4.78, 5) is 4.66. The van der Waals surface area contributed by atoms with Crippen LogP contribution in [-0.4, -0.2) is 4.98 Å². The molecule has 0 bridgehead atoms. The van der Waals surface area contributed by atoms with Crippen LogP contribution in [0.15, 0.2) is 48.5 Å². The van der Waals surface area contributed by atoms with Crippen LogP contribution in [0.5, 0.6) is 0 Å². The van der Waals surface area contributed by atoms with Gasteiger partial charge in [-0.1, -0.05) is 47.5 Å². The van der Waals surface area contributed by atoms with Gasteiger partial charge in [0.25, 0.3) is 0 Å². The quantitative estimate of drug-likeness (QED) is 0.730. The molecule has 1 aromatic heterocycles. The molecule has 1 atom stereocenters. The molecule has 0 spiro atoms. The molecule has 0 saturated carbocycles. The molecule has 0 radical (unpaired) electrons. The summed E-state index contributed by atoms with van der Waals surface area (Å²) in [6.07, 6.45) is 0. The molecular formula is C17H14Cl2N2. The zero-order chi connectivity index (χ0) is 15.0. The Hall–Kier alpha value is -1.61. The Balaban J connectivity index is 2.08. The molecule has 1 unspecified atom stereocenters. The first-order valence-corrected chi connectivity index (χ1v) is 7.38. The maximum Gasteiger partial charge on any atom is 0.0727 e. The predicted molar refractivity (Wildman–Crippen MR) is 89.0 cm³/mol. The van der Waals surface area contributed by atoms with Crippen molar-refractivity contribution in [2.45, 2.75) is 13.0 Å². The molecule has 0 aliphatic rings. The van der Waals surface area contributed by atoms with Gasteiger partial charge in [-0.3, -0.25) is 4.98 Å². The minimum atomic E-state index is -0.330. The lowest BCUT2D eigenvalue weighted by atomic mass is 10.0. The molecule has 0 aliphatic carbocycles. The van der Waals surface area contributed by atoms with Crippen molar-refractivity contribution in [2.75, 3.05) is 0 Å². The highest BCUT2D eigenvalue weighted by molar-refractivity contribution is 6.42. The number of benzene rings is 2. The number of aromatic nitrogens is 1. The van der Waals surface area contributed by atoms with Crippen LogP contribution in [0, 0.1) is 6.92 Å². The number of nitrogens with two attached hydrogens (primary N) is 1. The van der Waals surface area contributed by atoms with Gasteiger partial charge in [-0.15, -0.1) is 0 Å². The van der Waals surface area contributed by atoms with Crippen LogP contribution in [-0.2, 0) is 0 Å². The Kier molecular flexibility index (Phi) is 3.85. The number of rotatable bonds is 2. The number of aryl methyl sites for hydroxylation is 1. The number of hydrogen-bond donors (Lipinski definition) is 1. The van der Waals surface area contributed by atoms with E-state index in [4.69, 9.17) is 28.9 Å². The van der Waals surface area contributed by atoms with E-state index in [1.54, 1.807) is 12.1 Å². The van der Waals surface area contributed by atoms with Gasteiger partial charge < -0.3 is 5.73 Å². The highest BCUT2D eigenvalue weighted by Gasteiger charge is 2.13. The first kappa shape index (κ1) is 14.3. The van der Waals surface area contributed by atoms with Gasteiger partial charge in [-0.25, -0.2) is 0 Å². The van der Waals surface area contributed by atoms with Gasteiger partial charge in [0.05, 0.1) is 27.3 Å².